The number of hydrogen-bond acceptors (Lipinski definition) is 7. The number of aromatic nitrogens is 5. The van der Waals surface area contributed by atoms with Crippen molar-refractivity contribution in [1.29, 1.82) is 0 Å². The van der Waals surface area contributed by atoms with Gasteiger partial charge < -0.3 is 4.74 Å². The van der Waals surface area contributed by atoms with Gasteiger partial charge in [0.15, 0.2) is 5.82 Å². The largest absolute Gasteiger partial charge is 0.488 e. The SMILES string of the molecule is CCc1cc(OCc2ccc(-c3ccccc3-c3nnn[nH]3)cc2)c2cc([N+](=O)[O-])ccc2n1.Cl. The predicted molar refractivity (Wildman–Crippen MR) is 134 cm³/mol. The lowest BCUT2D eigenvalue weighted by molar-refractivity contribution is -0.384. The summed E-state index contributed by atoms with van der Waals surface area (Å²) in [4.78, 5) is 15.4. The zero-order chi connectivity index (χ0) is 23.5. The molecule has 3 aromatic carbocycles. The van der Waals surface area contributed by atoms with Gasteiger partial charge in [-0.3, -0.25) is 15.1 Å². The van der Waals surface area contributed by atoms with Crippen LogP contribution in [0.15, 0.2) is 72.8 Å². The van der Waals surface area contributed by atoms with Crippen molar-refractivity contribution in [1.82, 2.24) is 25.6 Å². The minimum atomic E-state index is -0.414. The lowest BCUT2D eigenvalue weighted by Crippen LogP contribution is -1.99. The molecule has 2 aromatic heterocycles. The third-order valence-corrected chi connectivity index (χ3v) is 5.57. The van der Waals surface area contributed by atoms with Gasteiger partial charge in [-0.05, 0) is 39.6 Å². The van der Waals surface area contributed by atoms with Crippen molar-refractivity contribution in [3.63, 3.8) is 0 Å². The molecule has 10 heteroatoms. The molecule has 1 N–H and O–H groups in total. The highest BCUT2D eigenvalue weighted by Gasteiger charge is 2.13. The van der Waals surface area contributed by atoms with Crippen LogP contribution < -0.4 is 4.74 Å². The molecule has 9 nitrogen and oxygen atoms in total. The van der Waals surface area contributed by atoms with Gasteiger partial charge in [-0.15, -0.1) is 17.5 Å². The van der Waals surface area contributed by atoms with E-state index in [1.807, 2.05) is 61.5 Å². The number of fused-ring (bicyclic) bond motifs is 1. The Morgan fingerprint density at radius 2 is 1.77 bits per heavy atom. The van der Waals surface area contributed by atoms with Crippen LogP contribution in [0.5, 0.6) is 5.75 Å². The molecular formula is C25H21ClN6O3. The van der Waals surface area contributed by atoms with Crippen LogP contribution >= 0.6 is 12.4 Å². The number of non-ortho nitro benzene ring substituents is 1. The Hall–Kier alpha value is -4.37. The molecule has 0 saturated heterocycles. The van der Waals surface area contributed by atoms with E-state index in [1.54, 1.807) is 6.07 Å². The number of benzene rings is 3. The van der Waals surface area contributed by atoms with Crippen molar-refractivity contribution in [3.8, 4) is 28.3 Å². The number of aryl methyl sites for hydroxylation is 1. The average molecular weight is 489 g/mol. The van der Waals surface area contributed by atoms with Crippen LogP contribution in [0.3, 0.4) is 0 Å². The van der Waals surface area contributed by atoms with E-state index in [-0.39, 0.29) is 18.1 Å². The van der Waals surface area contributed by atoms with Gasteiger partial charge in [0.05, 0.1) is 10.4 Å². The lowest BCUT2D eigenvalue weighted by Gasteiger charge is -2.12. The molecular weight excluding hydrogens is 468 g/mol. The maximum atomic E-state index is 11.2. The number of aromatic amines is 1. The first-order valence-electron chi connectivity index (χ1n) is 10.8. The Labute approximate surface area is 206 Å². The van der Waals surface area contributed by atoms with Crippen molar-refractivity contribution in [3.05, 3.63) is 94.2 Å². The first kappa shape index (κ1) is 23.8. The summed E-state index contributed by atoms with van der Waals surface area (Å²) in [5.41, 5.74) is 5.46. The van der Waals surface area contributed by atoms with E-state index in [0.29, 0.717) is 29.1 Å². The van der Waals surface area contributed by atoms with Gasteiger partial charge in [0.1, 0.15) is 12.4 Å². The molecule has 0 amide bonds. The van der Waals surface area contributed by atoms with Crippen molar-refractivity contribution in [2.24, 2.45) is 0 Å². The lowest BCUT2D eigenvalue weighted by atomic mass is 9.98. The Kier molecular flexibility index (Phi) is 6.98. The predicted octanol–water partition coefficient (Wildman–Crippen LogP) is 5.55. The summed E-state index contributed by atoms with van der Waals surface area (Å²) in [6.07, 6.45) is 0.734. The molecule has 0 saturated carbocycles. The normalized spacial score (nSPS) is 10.7. The Balaban J connectivity index is 0.00000289. The number of H-pyrrole nitrogens is 1. The zero-order valence-electron chi connectivity index (χ0n) is 18.7. The first-order valence-corrected chi connectivity index (χ1v) is 10.8. The molecule has 0 spiro atoms. The smallest absolute Gasteiger partial charge is 0.270 e. The van der Waals surface area contributed by atoms with Gasteiger partial charge in [-0.2, -0.15) is 0 Å². The van der Waals surface area contributed by atoms with Gasteiger partial charge in [0.2, 0.25) is 0 Å². The molecule has 0 unspecified atom stereocenters. The molecule has 176 valence electrons. The summed E-state index contributed by atoms with van der Waals surface area (Å²) in [5.74, 6) is 1.19. The number of pyridine rings is 1. The average Bonchev–Trinajstić information content (AvgIpc) is 3.42. The molecule has 0 aliphatic rings. The second kappa shape index (κ2) is 10.3. The van der Waals surface area contributed by atoms with Gasteiger partial charge in [-0.25, -0.2) is 5.10 Å². The summed E-state index contributed by atoms with van der Waals surface area (Å²) in [7, 11) is 0. The molecule has 0 fully saturated rings. The quantitative estimate of drug-likeness (QED) is 0.235. The summed E-state index contributed by atoms with van der Waals surface area (Å²) in [6, 6.07) is 22.4. The maximum absolute atomic E-state index is 11.2. The van der Waals surface area contributed by atoms with Gasteiger partial charge in [0, 0.05) is 34.8 Å². The fraction of sp³-hybridized carbons (Fsp3) is 0.120. The summed E-state index contributed by atoms with van der Waals surface area (Å²) in [6.45, 7) is 2.33. The molecule has 0 atom stereocenters. The Morgan fingerprint density at radius 1 is 1.00 bits per heavy atom. The topological polar surface area (TPSA) is 120 Å². The highest BCUT2D eigenvalue weighted by Crippen LogP contribution is 2.32. The van der Waals surface area contributed by atoms with Crippen LogP contribution in [-0.2, 0) is 13.0 Å². The standard InChI is InChI=1S/C25H20N6O3.ClH/c1-2-18-13-24(22-14-19(31(32)33)11-12-23(22)26-18)34-15-16-7-9-17(10-8-16)20-5-3-4-6-21(20)25-27-29-30-28-25;/h3-14H,2,15H2,1H3,(H,27,28,29,30);1H. The number of tetrazole rings is 1. The van der Waals surface area contributed by atoms with E-state index in [2.05, 4.69) is 25.6 Å². The van der Waals surface area contributed by atoms with Crippen LogP contribution in [0.2, 0.25) is 0 Å². The van der Waals surface area contributed by atoms with Crippen LogP contribution in [0, 0.1) is 10.1 Å². The van der Waals surface area contributed by atoms with Crippen LogP contribution in [0.1, 0.15) is 18.2 Å². The molecule has 0 aliphatic heterocycles. The van der Waals surface area contributed by atoms with Gasteiger partial charge in [0.25, 0.3) is 5.69 Å². The third-order valence-electron chi connectivity index (χ3n) is 5.57. The number of nitrogens with one attached hydrogen (secondary N) is 1. The molecule has 0 radical (unpaired) electrons. The van der Waals surface area contributed by atoms with Gasteiger partial charge >= 0.3 is 0 Å². The Morgan fingerprint density at radius 3 is 2.46 bits per heavy atom. The van der Waals surface area contributed by atoms with Crippen molar-refractivity contribution >= 4 is 29.0 Å². The molecule has 35 heavy (non-hydrogen) atoms. The van der Waals surface area contributed by atoms with E-state index in [1.165, 1.54) is 12.1 Å². The number of halogens is 1. The first-order chi connectivity index (χ1) is 16.6. The monoisotopic (exact) mass is 488 g/mol. The zero-order valence-corrected chi connectivity index (χ0v) is 19.5. The Bertz CT molecular complexity index is 1470. The number of rotatable bonds is 7. The van der Waals surface area contributed by atoms with Crippen molar-refractivity contribution in [2.75, 3.05) is 0 Å². The number of nitro benzene ring substituents is 1. The second-order valence-corrected chi connectivity index (χ2v) is 7.70. The minimum Gasteiger partial charge on any atom is -0.488 e. The van der Waals surface area contributed by atoms with E-state index >= 15 is 0 Å². The van der Waals surface area contributed by atoms with Crippen LogP contribution in [0.25, 0.3) is 33.4 Å². The number of nitro groups is 1. The second-order valence-electron chi connectivity index (χ2n) is 7.70. The number of ether oxygens (including phenoxy) is 1. The minimum absolute atomic E-state index is 0. The summed E-state index contributed by atoms with van der Waals surface area (Å²) >= 11 is 0. The van der Waals surface area contributed by atoms with Crippen LogP contribution in [-0.4, -0.2) is 30.5 Å². The fourth-order valence-corrected chi connectivity index (χ4v) is 3.81. The van der Waals surface area contributed by atoms with E-state index in [4.69, 9.17) is 4.74 Å². The summed E-state index contributed by atoms with van der Waals surface area (Å²) < 4.78 is 6.12. The van der Waals surface area contributed by atoms with Crippen molar-refractivity contribution < 1.29 is 9.66 Å². The summed E-state index contributed by atoms with van der Waals surface area (Å²) in [5, 5.41) is 26.0. The highest BCUT2D eigenvalue weighted by atomic mass is 35.5. The molecule has 5 rings (SSSR count). The fourth-order valence-electron chi connectivity index (χ4n) is 3.81. The molecule has 0 aliphatic carbocycles. The maximum Gasteiger partial charge on any atom is 0.270 e. The van der Waals surface area contributed by atoms with E-state index < -0.39 is 4.92 Å². The van der Waals surface area contributed by atoms with Crippen molar-refractivity contribution in [2.45, 2.75) is 20.0 Å². The van der Waals surface area contributed by atoms with Gasteiger partial charge in [-0.1, -0.05) is 55.5 Å². The number of nitrogens with zero attached hydrogens (tertiary/aromatic N) is 5. The van der Waals surface area contributed by atoms with E-state index in [9.17, 15) is 10.1 Å². The highest BCUT2D eigenvalue weighted by molar-refractivity contribution is 5.87. The molecule has 5 aromatic rings. The van der Waals surface area contributed by atoms with Crippen LogP contribution in [0.4, 0.5) is 5.69 Å². The van der Waals surface area contributed by atoms with E-state index in [0.717, 1.165) is 34.4 Å². The third kappa shape index (κ3) is 4.95. The molecule has 0 bridgehead atoms. The number of hydrogen-bond donors (Lipinski definition) is 1. The molecule has 2 heterocycles.